The first-order chi connectivity index (χ1) is 16.2. The summed E-state index contributed by atoms with van der Waals surface area (Å²) in [5.74, 6) is -0.757. The molecule has 2 saturated heterocycles. The maximum atomic E-state index is 12.1. The molecule has 7 nitrogen and oxygen atoms in total. The molecule has 3 N–H and O–H groups in total. The van der Waals surface area contributed by atoms with Crippen LogP contribution in [0.2, 0.25) is 0 Å². The Morgan fingerprint density at radius 1 is 1.12 bits per heavy atom. The zero-order chi connectivity index (χ0) is 24.3. The zero-order valence-electron chi connectivity index (χ0n) is 18.4. The van der Waals surface area contributed by atoms with Gasteiger partial charge in [-0.25, -0.2) is 0 Å². The van der Waals surface area contributed by atoms with Crippen molar-refractivity contribution in [2.24, 2.45) is 0 Å². The van der Waals surface area contributed by atoms with Gasteiger partial charge in [-0.3, -0.25) is 9.69 Å². The highest BCUT2D eigenvalue weighted by Crippen LogP contribution is 2.39. The Morgan fingerprint density at radius 2 is 1.88 bits per heavy atom. The Morgan fingerprint density at radius 3 is 2.53 bits per heavy atom. The highest BCUT2D eigenvalue weighted by atomic mass is 35.6. The van der Waals surface area contributed by atoms with Crippen LogP contribution in [0.3, 0.4) is 0 Å². The van der Waals surface area contributed by atoms with Crippen LogP contribution in [0.4, 0.5) is 5.69 Å². The fourth-order valence-electron chi connectivity index (χ4n) is 4.26. The Kier molecular flexibility index (Phi) is 8.38. The summed E-state index contributed by atoms with van der Waals surface area (Å²) in [6.07, 6.45) is 0.0399. The summed E-state index contributed by atoms with van der Waals surface area (Å²) in [5, 5.41) is 21.9. The molecular weight excluding hydrogens is 503 g/mol. The molecule has 0 aliphatic carbocycles. The number of amides is 1. The minimum Gasteiger partial charge on any atom is -0.392 e. The Hall–Kier alpha value is -1.42. The molecule has 2 aromatic carbocycles. The lowest BCUT2D eigenvalue weighted by atomic mass is 9.99. The minimum atomic E-state index is -2.08. The molecule has 0 saturated carbocycles. The smallest absolute Gasteiger partial charge is 0.276 e. The first-order valence-electron chi connectivity index (χ1n) is 11.1. The number of carbonyl (C=O) groups is 1. The average molecular weight is 530 g/mol. The molecule has 34 heavy (non-hydrogen) atoms. The van der Waals surface area contributed by atoms with Crippen LogP contribution in [0, 0.1) is 0 Å². The van der Waals surface area contributed by atoms with Crippen LogP contribution in [0.1, 0.15) is 41.9 Å². The van der Waals surface area contributed by atoms with E-state index < -0.39 is 16.0 Å². The molecule has 0 spiro atoms. The van der Waals surface area contributed by atoms with Crippen LogP contribution in [0.25, 0.3) is 0 Å². The van der Waals surface area contributed by atoms with Crippen molar-refractivity contribution in [2.75, 3.05) is 25.0 Å². The van der Waals surface area contributed by atoms with Gasteiger partial charge in [0.1, 0.15) is 0 Å². The lowest BCUT2D eigenvalue weighted by Gasteiger charge is -2.38. The number of likely N-dealkylation sites (tertiary alicyclic amines) is 1. The molecule has 0 radical (unpaired) electrons. The number of aliphatic hydroxyl groups excluding tert-OH is 2. The number of rotatable bonds is 6. The van der Waals surface area contributed by atoms with Crippen LogP contribution in [0.5, 0.6) is 0 Å². The molecule has 1 amide bonds. The number of anilines is 1. The fraction of sp³-hybridized carbons (Fsp3) is 0.458. The van der Waals surface area contributed by atoms with E-state index in [1.54, 1.807) is 18.2 Å². The van der Waals surface area contributed by atoms with E-state index in [1.165, 1.54) is 0 Å². The number of carbonyl (C=O) groups excluding carboxylic acids is 1. The van der Waals surface area contributed by atoms with Crippen molar-refractivity contribution in [2.45, 2.75) is 47.8 Å². The van der Waals surface area contributed by atoms with Crippen LogP contribution < -0.4 is 5.32 Å². The monoisotopic (exact) mass is 528 g/mol. The largest absolute Gasteiger partial charge is 0.392 e. The molecular formula is C24H27Cl3N2O5. The van der Waals surface area contributed by atoms with Gasteiger partial charge in [-0.05, 0) is 29.7 Å². The third-order valence-corrected chi connectivity index (χ3v) is 6.51. The number of aliphatic hydroxyl groups is 2. The van der Waals surface area contributed by atoms with Gasteiger partial charge in [0.15, 0.2) is 6.29 Å². The van der Waals surface area contributed by atoms with Crippen LogP contribution in [0.15, 0.2) is 48.5 Å². The molecule has 2 aliphatic rings. The van der Waals surface area contributed by atoms with E-state index in [4.69, 9.17) is 44.3 Å². The molecule has 4 rings (SSSR count). The van der Waals surface area contributed by atoms with Crippen LogP contribution in [-0.4, -0.2) is 56.7 Å². The number of nitrogens with zero attached hydrogens (tertiary/aromatic N) is 1. The Labute approximate surface area is 213 Å². The number of halogens is 3. The van der Waals surface area contributed by atoms with E-state index in [-0.39, 0.29) is 24.9 Å². The van der Waals surface area contributed by atoms with Gasteiger partial charge in [-0.15, -0.1) is 0 Å². The van der Waals surface area contributed by atoms with Crippen LogP contribution in [-0.2, 0) is 20.9 Å². The molecule has 10 heteroatoms. The molecule has 184 valence electrons. The van der Waals surface area contributed by atoms with Crippen molar-refractivity contribution >= 4 is 46.4 Å². The summed E-state index contributed by atoms with van der Waals surface area (Å²) in [6.45, 7) is 2.09. The van der Waals surface area contributed by atoms with Crippen molar-refractivity contribution in [3.8, 4) is 0 Å². The second-order valence-electron chi connectivity index (χ2n) is 8.63. The highest BCUT2D eigenvalue weighted by molar-refractivity contribution is 6.76. The van der Waals surface area contributed by atoms with Gasteiger partial charge in [0.05, 0.1) is 24.9 Å². The summed E-state index contributed by atoms with van der Waals surface area (Å²) in [7, 11) is 0. The molecule has 2 aliphatic heterocycles. The zero-order valence-corrected chi connectivity index (χ0v) is 20.6. The molecule has 2 fully saturated rings. The second kappa shape index (κ2) is 11.1. The van der Waals surface area contributed by atoms with Gasteiger partial charge in [0, 0.05) is 37.3 Å². The fourth-order valence-corrected chi connectivity index (χ4v) is 4.41. The normalized spacial score (nSPS) is 25.9. The van der Waals surface area contributed by atoms with E-state index in [0.717, 1.165) is 24.1 Å². The van der Waals surface area contributed by atoms with Gasteiger partial charge in [0.25, 0.3) is 9.70 Å². The van der Waals surface area contributed by atoms with Gasteiger partial charge >= 0.3 is 0 Å². The number of alkyl halides is 3. The molecule has 4 unspecified atom stereocenters. The van der Waals surface area contributed by atoms with E-state index in [9.17, 15) is 15.0 Å². The summed E-state index contributed by atoms with van der Waals surface area (Å²) >= 11 is 17.0. The number of hydrogen-bond donors (Lipinski definition) is 3. The first-order valence-corrected chi connectivity index (χ1v) is 12.2. The summed E-state index contributed by atoms with van der Waals surface area (Å²) < 4.78 is 10.6. The molecule has 4 atom stereocenters. The van der Waals surface area contributed by atoms with E-state index in [1.807, 2.05) is 30.3 Å². The van der Waals surface area contributed by atoms with E-state index in [2.05, 4.69) is 10.2 Å². The minimum absolute atomic E-state index is 0.0237. The van der Waals surface area contributed by atoms with Crippen LogP contribution >= 0.6 is 34.8 Å². The van der Waals surface area contributed by atoms with E-state index >= 15 is 0 Å². The number of ether oxygens (including phenoxy) is 2. The topological polar surface area (TPSA) is 91.3 Å². The van der Waals surface area contributed by atoms with Crippen molar-refractivity contribution < 1.29 is 24.5 Å². The maximum absolute atomic E-state index is 12.1. The van der Waals surface area contributed by atoms with Gasteiger partial charge in [0.2, 0.25) is 0 Å². The van der Waals surface area contributed by atoms with E-state index in [0.29, 0.717) is 30.8 Å². The van der Waals surface area contributed by atoms with Crippen molar-refractivity contribution in [3.63, 3.8) is 0 Å². The Bertz CT molecular complexity index is 985. The number of nitrogens with one attached hydrogen (secondary N) is 1. The lowest BCUT2D eigenvalue weighted by Crippen LogP contribution is -2.38. The number of hydrogen-bond acceptors (Lipinski definition) is 6. The summed E-state index contributed by atoms with van der Waals surface area (Å²) in [4.78, 5) is 14.3. The Balaban J connectivity index is 1.54. The maximum Gasteiger partial charge on any atom is 0.276 e. The molecule has 2 heterocycles. The lowest BCUT2D eigenvalue weighted by molar-refractivity contribution is -0.252. The summed E-state index contributed by atoms with van der Waals surface area (Å²) in [5.41, 5.74) is 2.98. The number of β-amino-alcohol motifs (C(OH)–C–C–N with tert-alkyl or cyclic N) is 1. The van der Waals surface area contributed by atoms with Crippen molar-refractivity contribution in [1.29, 1.82) is 0 Å². The quantitative estimate of drug-likeness (QED) is 0.488. The second-order valence-corrected chi connectivity index (χ2v) is 10.9. The molecule has 2 aromatic rings. The van der Waals surface area contributed by atoms with Crippen molar-refractivity contribution in [3.05, 3.63) is 65.2 Å². The predicted octanol–water partition coefficient (Wildman–Crippen LogP) is 4.10. The van der Waals surface area contributed by atoms with Crippen molar-refractivity contribution in [1.82, 2.24) is 4.90 Å². The van der Waals surface area contributed by atoms with Gasteiger partial charge in [-0.1, -0.05) is 71.2 Å². The SMILES string of the molecule is O=C(Nc1cccc(C2OC(CN3CCC(O)C3)CC(c3ccc(CO)cc3)O2)c1)C(Cl)(Cl)Cl. The molecule has 0 aromatic heterocycles. The molecule has 0 bridgehead atoms. The highest BCUT2D eigenvalue weighted by Gasteiger charge is 2.35. The van der Waals surface area contributed by atoms with Gasteiger partial charge < -0.3 is 25.0 Å². The number of benzene rings is 2. The summed E-state index contributed by atoms with van der Waals surface area (Å²) in [6, 6.07) is 14.7. The predicted molar refractivity (Wildman–Crippen MR) is 131 cm³/mol. The van der Waals surface area contributed by atoms with Gasteiger partial charge in [-0.2, -0.15) is 0 Å². The average Bonchev–Trinajstić information content (AvgIpc) is 3.23. The first kappa shape index (κ1) is 25.7. The standard InChI is InChI=1S/C24H27Cl3N2O5/c25-24(26,27)23(32)28-18-3-1-2-17(10-18)22-33-20(13-29-9-8-19(31)12-29)11-21(34-22)16-6-4-15(14-30)5-7-16/h1-7,10,19-22,30-31H,8-9,11-14H2,(H,28,32). The third kappa shape index (κ3) is 6.62. The third-order valence-electron chi connectivity index (χ3n) is 6.00.